The average Bonchev–Trinajstić information content (AvgIpc) is 3.68. The predicted octanol–water partition coefficient (Wildman–Crippen LogP) is 4.09. The van der Waals surface area contributed by atoms with E-state index in [4.69, 9.17) is 21.3 Å². The minimum absolute atomic E-state index is 0.0959. The molecule has 2 aromatic carbocycles. The maximum absolute atomic E-state index is 13.3. The van der Waals surface area contributed by atoms with Crippen LogP contribution in [-0.4, -0.2) is 74.9 Å². The van der Waals surface area contributed by atoms with Crippen molar-refractivity contribution in [3.8, 4) is 17.0 Å². The van der Waals surface area contributed by atoms with E-state index in [1.807, 2.05) is 36.4 Å². The van der Waals surface area contributed by atoms with E-state index in [1.165, 1.54) is 0 Å². The SMILES string of the molecule is COc1ccc(-c2cc(Cl)c3ccc(C(=O)N4CCN(C(=O)c5cn(C6CC6)nn5)CC4)cc3n2)cc1. The van der Waals surface area contributed by atoms with E-state index in [0.29, 0.717) is 54.0 Å². The fourth-order valence-electron chi connectivity index (χ4n) is 4.58. The third kappa shape index (κ3) is 4.62. The van der Waals surface area contributed by atoms with Gasteiger partial charge in [0.15, 0.2) is 5.69 Å². The number of fused-ring (bicyclic) bond motifs is 1. The lowest BCUT2D eigenvalue weighted by atomic mass is 10.1. The van der Waals surface area contributed by atoms with E-state index in [0.717, 1.165) is 35.2 Å². The van der Waals surface area contributed by atoms with Gasteiger partial charge in [0.2, 0.25) is 0 Å². The van der Waals surface area contributed by atoms with E-state index in [-0.39, 0.29) is 11.8 Å². The molecule has 2 aliphatic rings. The van der Waals surface area contributed by atoms with Crippen LogP contribution < -0.4 is 4.74 Å². The van der Waals surface area contributed by atoms with E-state index in [2.05, 4.69) is 10.3 Å². The molecule has 1 saturated heterocycles. The molecule has 0 radical (unpaired) electrons. The molecule has 0 unspecified atom stereocenters. The predicted molar refractivity (Wildman–Crippen MR) is 139 cm³/mol. The molecule has 2 fully saturated rings. The monoisotopic (exact) mass is 516 g/mol. The van der Waals surface area contributed by atoms with Crippen molar-refractivity contribution in [2.24, 2.45) is 0 Å². The maximum Gasteiger partial charge on any atom is 0.276 e. The maximum atomic E-state index is 13.3. The van der Waals surface area contributed by atoms with Gasteiger partial charge in [-0.05, 0) is 55.3 Å². The van der Waals surface area contributed by atoms with E-state index < -0.39 is 0 Å². The molecule has 188 valence electrons. The van der Waals surface area contributed by atoms with Gasteiger partial charge in [-0.1, -0.05) is 22.9 Å². The Hall–Kier alpha value is -3.98. The van der Waals surface area contributed by atoms with Crippen LogP contribution in [0.5, 0.6) is 5.75 Å². The van der Waals surface area contributed by atoms with Crippen molar-refractivity contribution in [1.82, 2.24) is 29.8 Å². The van der Waals surface area contributed by atoms with E-state index >= 15 is 0 Å². The summed E-state index contributed by atoms with van der Waals surface area (Å²) >= 11 is 6.56. The van der Waals surface area contributed by atoms with Gasteiger partial charge in [0.1, 0.15) is 5.75 Å². The molecule has 1 saturated carbocycles. The number of methoxy groups -OCH3 is 1. The molecule has 3 heterocycles. The van der Waals surface area contributed by atoms with Crippen LogP contribution in [0.2, 0.25) is 5.02 Å². The highest BCUT2D eigenvalue weighted by Crippen LogP contribution is 2.34. The van der Waals surface area contributed by atoms with Gasteiger partial charge in [-0.25, -0.2) is 9.67 Å². The summed E-state index contributed by atoms with van der Waals surface area (Å²) in [5.74, 6) is 0.519. The summed E-state index contributed by atoms with van der Waals surface area (Å²) in [6.45, 7) is 1.78. The number of ether oxygens (including phenoxy) is 1. The molecule has 2 amide bonds. The molecule has 2 aromatic heterocycles. The Morgan fingerprint density at radius 3 is 2.32 bits per heavy atom. The second-order valence-corrected chi connectivity index (χ2v) is 9.76. The molecule has 37 heavy (non-hydrogen) atoms. The number of rotatable bonds is 5. The second kappa shape index (κ2) is 9.48. The zero-order valence-electron chi connectivity index (χ0n) is 20.3. The van der Waals surface area contributed by atoms with Crippen molar-refractivity contribution in [3.05, 3.63) is 71.0 Å². The highest BCUT2D eigenvalue weighted by atomic mass is 35.5. The normalized spacial score (nSPS) is 15.7. The molecule has 1 aliphatic heterocycles. The van der Waals surface area contributed by atoms with Crippen LogP contribution in [0.15, 0.2) is 54.7 Å². The Bertz CT molecular complexity index is 1490. The zero-order valence-corrected chi connectivity index (χ0v) is 21.1. The summed E-state index contributed by atoms with van der Waals surface area (Å²) in [6, 6.07) is 15.2. The lowest BCUT2D eigenvalue weighted by Crippen LogP contribution is -2.50. The molecule has 0 bridgehead atoms. The number of carbonyl (C=O) groups excluding carboxylic acids is 2. The first kappa shape index (κ1) is 23.4. The molecular formula is C27H25ClN6O3. The minimum atomic E-state index is -0.144. The van der Waals surface area contributed by atoms with Crippen molar-refractivity contribution in [2.45, 2.75) is 18.9 Å². The first-order chi connectivity index (χ1) is 18.0. The van der Waals surface area contributed by atoms with Gasteiger partial charge in [-0.15, -0.1) is 5.10 Å². The number of pyridine rings is 1. The number of benzene rings is 2. The third-order valence-corrected chi connectivity index (χ3v) is 7.21. The second-order valence-electron chi connectivity index (χ2n) is 9.35. The minimum Gasteiger partial charge on any atom is -0.497 e. The number of aromatic nitrogens is 4. The molecular weight excluding hydrogens is 492 g/mol. The Morgan fingerprint density at radius 1 is 0.946 bits per heavy atom. The molecule has 4 aromatic rings. The summed E-state index contributed by atoms with van der Waals surface area (Å²) in [6.07, 6.45) is 3.89. The fraction of sp³-hybridized carbons (Fsp3) is 0.296. The number of hydrogen-bond donors (Lipinski definition) is 0. The third-order valence-electron chi connectivity index (χ3n) is 6.90. The summed E-state index contributed by atoms with van der Waals surface area (Å²) in [5.41, 5.74) is 3.17. The number of nitrogens with zero attached hydrogens (tertiary/aromatic N) is 6. The van der Waals surface area contributed by atoms with Crippen molar-refractivity contribution in [1.29, 1.82) is 0 Å². The number of piperazine rings is 1. The Labute approximate surface area is 218 Å². The van der Waals surface area contributed by atoms with Crippen LogP contribution in [0, 0.1) is 0 Å². The van der Waals surface area contributed by atoms with Crippen LogP contribution >= 0.6 is 11.6 Å². The number of amides is 2. The first-order valence-electron chi connectivity index (χ1n) is 12.3. The van der Waals surface area contributed by atoms with Crippen LogP contribution in [0.3, 0.4) is 0 Å². The first-order valence-corrected chi connectivity index (χ1v) is 12.6. The van der Waals surface area contributed by atoms with Crippen molar-refractivity contribution < 1.29 is 14.3 Å². The van der Waals surface area contributed by atoms with Gasteiger partial charge in [0.05, 0.1) is 35.6 Å². The van der Waals surface area contributed by atoms with Gasteiger partial charge in [0, 0.05) is 42.7 Å². The van der Waals surface area contributed by atoms with Crippen LogP contribution in [-0.2, 0) is 0 Å². The molecule has 0 N–H and O–H groups in total. The highest BCUT2D eigenvalue weighted by molar-refractivity contribution is 6.35. The van der Waals surface area contributed by atoms with E-state index in [1.54, 1.807) is 39.9 Å². The van der Waals surface area contributed by atoms with Crippen molar-refractivity contribution >= 4 is 34.3 Å². The van der Waals surface area contributed by atoms with Crippen LogP contribution in [0.25, 0.3) is 22.2 Å². The van der Waals surface area contributed by atoms with Gasteiger partial charge in [-0.2, -0.15) is 0 Å². The molecule has 0 spiro atoms. The van der Waals surface area contributed by atoms with Crippen molar-refractivity contribution in [2.75, 3.05) is 33.3 Å². The number of carbonyl (C=O) groups is 2. The lowest BCUT2D eigenvalue weighted by Gasteiger charge is -2.34. The van der Waals surface area contributed by atoms with Crippen LogP contribution in [0.1, 0.15) is 39.7 Å². The summed E-state index contributed by atoms with van der Waals surface area (Å²) in [7, 11) is 1.62. The van der Waals surface area contributed by atoms with Gasteiger partial charge < -0.3 is 14.5 Å². The van der Waals surface area contributed by atoms with Gasteiger partial charge in [0.25, 0.3) is 11.8 Å². The summed E-state index contributed by atoms with van der Waals surface area (Å²) < 4.78 is 7.01. The zero-order chi connectivity index (χ0) is 25.5. The largest absolute Gasteiger partial charge is 0.497 e. The van der Waals surface area contributed by atoms with Gasteiger partial charge >= 0.3 is 0 Å². The summed E-state index contributed by atoms with van der Waals surface area (Å²) in [4.78, 5) is 34.4. The molecule has 1 aliphatic carbocycles. The smallest absolute Gasteiger partial charge is 0.276 e. The van der Waals surface area contributed by atoms with Gasteiger partial charge in [-0.3, -0.25) is 9.59 Å². The number of halogens is 1. The Morgan fingerprint density at radius 2 is 1.65 bits per heavy atom. The van der Waals surface area contributed by atoms with Crippen molar-refractivity contribution in [3.63, 3.8) is 0 Å². The molecule has 0 atom stereocenters. The molecule has 6 rings (SSSR count). The fourth-order valence-corrected chi connectivity index (χ4v) is 4.84. The average molecular weight is 517 g/mol. The van der Waals surface area contributed by atoms with Crippen LogP contribution in [0.4, 0.5) is 0 Å². The highest BCUT2D eigenvalue weighted by Gasteiger charge is 2.29. The summed E-state index contributed by atoms with van der Waals surface area (Å²) in [5, 5.41) is 9.47. The standard InChI is InChI=1S/C27H25ClN6O3/c1-37-20-7-2-17(3-8-20)23-15-22(28)21-9-4-18(14-24(21)29-23)26(35)32-10-12-33(13-11-32)27(36)25-16-34(31-30-25)19-5-6-19/h2-4,7-9,14-16,19H,5-6,10-13H2,1H3. The molecule has 10 heteroatoms. The number of hydrogen-bond acceptors (Lipinski definition) is 6. The Kier molecular flexibility index (Phi) is 6.00. The lowest BCUT2D eigenvalue weighted by molar-refractivity contribution is 0.0532. The Balaban J connectivity index is 1.16. The molecule has 9 nitrogen and oxygen atoms in total. The quantitative estimate of drug-likeness (QED) is 0.396. The van der Waals surface area contributed by atoms with E-state index in [9.17, 15) is 9.59 Å². The topological polar surface area (TPSA) is 93.5 Å².